The molecule has 2 heterocycles. The number of methoxy groups -OCH3 is 1. The van der Waals surface area contributed by atoms with Crippen molar-refractivity contribution in [3.63, 3.8) is 0 Å². The van der Waals surface area contributed by atoms with Gasteiger partial charge in [0.05, 0.1) is 12.9 Å². The minimum absolute atomic E-state index is 0.368. The van der Waals surface area contributed by atoms with E-state index in [0.717, 1.165) is 0 Å². The summed E-state index contributed by atoms with van der Waals surface area (Å²) in [6.07, 6.45) is 1.74. The monoisotopic (exact) mass is 267 g/mol. The molecular weight excluding hydrogens is 254 g/mol. The summed E-state index contributed by atoms with van der Waals surface area (Å²) in [4.78, 5) is 0. The van der Waals surface area contributed by atoms with Crippen LogP contribution < -0.4 is 10.5 Å². The molecule has 0 spiro atoms. The molecule has 0 amide bonds. The Hall–Kier alpha value is -1.96. The zero-order valence-electron chi connectivity index (χ0n) is 9.87. The first-order chi connectivity index (χ1) is 8.74. The van der Waals surface area contributed by atoms with Crippen LogP contribution in [-0.4, -0.2) is 27.0 Å². The largest absolute Gasteiger partial charge is 0.479 e. The molecule has 18 heavy (non-hydrogen) atoms. The highest BCUT2D eigenvalue weighted by atomic mass is 32.2. The average molecular weight is 267 g/mol. The third-order valence-electron chi connectivity index (χ3n) is 2.15. The highest BCUT2D eigenvalue weighted by Crippen LogP contribution is 2.24. The smallest absolute Gasteiger partial charge is 0.254 e. The summed E-state index contributed by atoms with van der Waals surface area (Å²) in [7, 11) is 1.54. The summed E-state index contributed by atoms with van der Waals surface area (Å²) in [5.41, 5.74) is 5.69. The first kappa shape index (κ1) is 12.5. The molecule has 0 saturated heterocycles. The lowest BCUT2D eigenvalue weighted by atomic mass is 10.5. The molecule has 8 heteroatoms. The topological polar surface area (TPSA) is 92.0 Å². The first-order valence-electron chi connectivity index (χ1n) is 5.16. The maximum absolute atomic E-state index is 5.69. The van der Waals surface area contributed by atoms with Crippen molar-refractivity contribution >= 4 is 17.7 Å². The Morgan fingerprint density at radius 3 is 3.11 bits per heavy atom. The van der Waals surface area contributed by atoms with Crippen LogP contribution in [0.1, 0.15) is 5.76 Å². The highest BCUT2D eigenvalue weighted by molar-refractivity contribution is 7.98. The van der Waals surface area contributed by atoms with E-state index < -0.39 is 0 Å². The summed E-state index contributed by atoms with van der Waals surface area (Å²) in [5.74, 6) is 2.10. The van der Waals surface area contributed by atoms with Crippen molar-refractivity contribution in [3.8, 4) is 5.88 Å². The van der Waals surface area contributed by atoms with Crippen LogP contribution in [0.5, 0.6) is 5.88 Å². The van der Waals surface area contributed by atoms with Crippen LogP contribution in [0, 0.1) is 0 Å². The Balaban J connectivity index is 2.03. The lowest BCUT2D eigenvalue weighted by Crippen LogP contribution is -2.02. The fraction of sp³-hybridized carbons (Fsp3) is 0.300. The molecule has 0 aromatic carbocycles. The molecule has 0 unspecified atom stereocenters. The fourth-order valence-electron chi connectivity index (χ4n) is 1.30. The molecule has 0 fully saturated rings. The second kappa shape index (κ2) is 5.58. The summed E-state index contributed by atoms with van der Waals surface area (Å²) >= 11 is 1.46. The SMILES string of the molecule is C=CCn1c(N)nnc1SCc1cc(OC)no1. The summed E-state index contributed by atoms with van der Waals surface area (Å²) in [5, 5.41) is 12.2. The van der Waals surface area contributed by atoms with Gasteiger partial charge in [0.15, 0.2) is 10.9 Å². The Morgan fingerprint density at radius 2 is 2.44 bits per heavy atom. The highest BCUT2D eigenvalue weighted by Gasteiger charge is 2.11. The number of allylic oxidation sites excluding steroid dienone is 1. The predicted molar refractivity (Wildman–Crippen MR) is 67.2 cm³/mol. The lowest BCUT2D eigenvalue weighted by Gasteiger charge is -2.02. The van der Waals surface area contributed by atoms with E-state index in [2.05, 4.69) is 21.9 Å². The van der Waals surface area contributed by atoms with Crippen LogP contribution in [0.3, 0.4) is 0 Å². The zero-order chi connectivity index (χ0) is 13.0. The van der Waals surface area contributed by atoms with Gasteiger partial charge >= 0.3 is 0 Å². The molecule has 0 aliphatic rings. The molecule has 96 valence electrons. The van der Waals surface area contributed by atoms with Crippen LogP contribution >= 0.6 is 11.8 Å². The van der Waals surface area contributed by atoms with E-state index in [1.165, 1.54) is 18.9 Å². The average Bonchev–Trinajstić information content (AvgIpc) is 2.96. The van der Waals surface area contributed by atoms with Gasteiger partial charge in [-0.05, 0) is 5.16 Å². The van der Waals surface area contributed by atoms with Gasteiger partial charge in [0.25, 0.3) is 5.88 Å². The number of nitrogens with zero attached hydrogens (tertiary/aromatic N) is 4. The van der Waals surface area contributed by atoms with Gasteiger partial charge in [0.1, 0.15) is 0 Å². The third-order valence-corrected chi connectivity index (χ3v) is 3.14. The van der Waals surface area contributed by atoms with Gasteiger partial charge in [0, 0.05) is 12.6 Å². The number of anilines is 1. The van der Waals surface area contributed by atoms with E-state index in [4.69, 9.17) is 15.0 Å². The number of ether oxygens (including phenoxy) is 1. The molecule has 2 N–H and O–H groups in total. The van der Waals surface area contributed by atoms with Gasteiger partial charge in [-0.2, -0.15) is 0 Å². The zero-order valence-corrected chi connectivity index (χ0v) is 10.7. The van der Waals surface area contributed by atoms with Crippen molar-refractivity contribution in [1.82, 2.24) is 19.9 Å². The molecule has 2 aromatic heterocycles. The number of nitrogens with two attached hydrogens (primary N) is 1. The van der Waals surface area contributed by atoms with Gasteiger partial charge in [0.2, 0.25) is 5.95 Å². The summed E-state index contributed by atoms with van der Waals surface area (Å²) < 4.78 is 11.8. The molecule has 0 aliphatic carbocycles. The van der Waals surface area contributed by atoms with E-state index in [-0.39, 0.29) is 0 Å². The first-order valence-corrected chi connectivity index (χ1v) is 6.15. The number of hydrogen-bond donors (Lipinski definition) is 1. The lowest BCUT2D eigenvalue weighted by molar-refractivity contribution is 0.330. The molecule has 7 nitrogen and oxygen atoms in total. The maximum Gasteiger partial charge on any atom is 0.254 e. The van der Waals surface area contributed by atoms with Gasteiger partial charge in [-0.3, -0.25) is 4.57 Å². The van der Waals surface area contributed by atoms with E-state index >= 15 is 0 Å². The third kappa shape index (κ3) is 2.65. The Kier molecular flexibility index (Phi) is 3.88. The molecule has 0 bridgehead atoms. The number of rotatable bonds is 6. The maximum atomic E-state index is 5.69. The van der Waals surface area contributed by atoms with Crippen LogP contribution in [-0.2, 0) is 12.3 Å². The van der Waals surface area contributed by atoms with Gasteiger partial charge in [-0.1, -0.05) is 17.8 Å². The summed E-state index contributed by atoms with van der Waals surface area (Å²) in [6, 6.07) is 1.73. The Bertz CT molecular complexity index is 536. The number of aromatic nitrogens is 4. The standard InChI is InChI=1S/C10H13N5O2S/c1-3-4-15-9(11)12-13-10(15)18-6-7-5-8(16-2)14-17-7/h3,5H,1,4,6H2,2H3,(H2,11,12). The number of hydrogen-bond acceptors (Lipinski definition) is 7. The van der Waals surface area contributed by atoms with E-state index in [0.29, 0.717) is 35.0 Å². The van der Waals surface area contributed by atoms with Gasteiger partial charge in [-0.15, -0.1) is 16.8 Å². The van der Waals surface area contributed by atoms with Crippen LogP contribution in [0.25, 0.3) is 0 Å². The minimum atomic E-state index is 0.368. The van der Waals surface area contributed by atoms with Crippen molar-refractivity contribution in [3.05, 3.63) is 24.5 Å². The number of nitrogen functional groups attached to an aromatic ring is 1. The number of thioether (sulfide) groups is 1. The molecule has 0 saturated carbocycles. The predicted octanol–water partition coefficient (Wildman–Crippen LogP) is 1.34. The van der Waals surface area contributed by atoms with Crippen molar-refractivity contribution in [2.24, 2.45) is 0 Å². The molecule has 0 radical (unpaired) electrons. The fourth-order valence-corrected chi connectivity index (χ4v) is 2.13. The normalized spacial score (nSPS) is 10.5. The van der Waals surface area contributed by atoms with Crippen LogP contribution in [0.4, 0.5) is 5.95 Å². The van der Waals surface area contributed by atoms with E-state index in [1.807, 2.05) is 0 Å². The van der Waals surface area contributed by atoms with Crippen molar-refractivity contribution in [1.29, 1.82) is 0 Å². The Labute approximate surface area is 108 Å². The second-order valence-electron chi connectivity index (χ2n) is 3.36. The van der Waals surface area contributed by atoms with Crippen molar-refractivity contribution < 1.29 is 9.26 Å². The molecule has 0 atom stereocenters. The van der Waals surface area contributed by atoms with Crippen molar-refractivity contribution in [2.45, 2.75) is 17.5 Å². The van der Waals surface area contributed by atoms with Gasteiger partial charge < -0.3 is 15.0 Å². The van der Waals surface area contributed by atoms with Crippen molar-refractivity contribution in [2.75, 3.05) is 12.8 Å². The van der Waals surface area contributed by atoms with Crippen LogP contribution in [0.2, 0.25) is 0 Å². The molecule has 2 rings (SSSR count). The molecular formula is C10H13N5O2S. The molecule has 0 aliphatic heterocycles. The van der Waals surface area contributed by atoms with E-state index in [1.54, 1.807) is 16.7 Å². The second-order valence-corrected chi connectivity index (χ2v) is 4.31. The quantitative estimate of drug-likeness (QED) is 0.623. The van der Waals surface area contributed by atoms with Crippen LogP contribution in [0.15, 0.2) is 28.4 Å². The van der Waals surface area contributed by atoms with Gasteiger partial charge in [-0.25, -0.2) is 0 Å². The summed E-state index contributed by atoms with van der Waals surface area (Å²) in [6.45, 7) is 4.23. The Morgan fingerprint density at radius 1 is 1.61 bits per heavy atom. The minimum Gasteiger partial charge on any atom is -0.479 e. The molecule has 2 aromatic rings. The van der Waals surface area contributed by atoms with E-state index in [9.17, 15) is 0 Å².